The van der Waals surface area contributed by atoms with E-state index in [0.29, 0.717) is 45.1 Å². The van der Waals surface area contributed by atoms with Crippen LogP contribution in [0.1, 0.15) is 31.9 Å². The molecule has 1 N–H and O–H groups in total. The van der Waals surface area contributed by atoms with E-state index in [-0.39, 0.29) is 24.0 Å². The second kappa shape index (κ2) is 11.0. The van der Waals surface area contributed by atoms with Crippen LogP contribution in [0.2, 0.25) is 0 Å². The van der Waals surface area contributed by atoms with Crippen LogP contribution in [0.4, 0.5) is 10.6 Å². The number of ether oxygens (including phenoxy) is 1. The molecular weight excluding hydrogens is 446 g/mol. The van der Waals surface area contributed by atoms with Crippen LogP contribution in [-0.2, 0) is 16.1 Å². The highest BCUT2D eigenvalue weighted by Crippen LogP contribution is 2.19. The fraction of sp³-hybridized carbons (Fsp3) is 0.385. The molecule has 35 heavy (non-hydrogen) atoms. The molecule has 1 atom stereocenters. The lowest BCUT2D eigenvalue weighted by Gasteiger charge is -2.36. The Morgan fingerprint density at radius 2 is 1.69 bits per heavy atom. The van der Waals surface area contributed by atoms with Gasteiger partial charge in [0.2, 0.25) is 0 Å². The lowest BCUT2D eigenvalue weighted by Crippen LogP contribution is -2.53. The Bertz CT molecular complexity index is 1240. The van der Waals surface area contributed by atoms with E-state index in [1.807, 2.05) is 66.4 Å². The quantitative estimate of drug-likeness (QED) is 0.526. The molecule has 1 saturated heterocycles. The van der Waals surface area contributed by atoms with Gasteiger partial charge in [0.15, 0.2) is 5.82 Å². The summed E-state index contributed by atoms with van der Waals surface area (Å²) in [6.45, 7) is 6.40. The topological polar surface area (TPSA) is 96.8 Å². The van der Waals surface area contributed by atoms with Crippen LogP contribution < -0.4 is 15.8 Å². The predicted octanol–water partition coefficient (Wildman–Crippen LogP) is 2.94. The van der Waals surface area contributed by atoms with Gasteiger partial charge in [-0.25, -0.2) is 9.78 Å². The van der Waals surface area contributed by atoms with Gasteiger partial charge >= 0.3 is 12.0 Å². The van der Waals surface area contributed by atoms with Crippen molar-refractivity contribution in [1.82, 2.24) is 19.8 Å². The van der Waals surface area contributed by atoms with E-state index in [2.05, 4.69) is 10.3 Å². The molecule has 1 aliphatic rings. The molecule has 184 valence electrons. The number of aryl methyl sites for hydroxylation is 1. The molecule has 0 saturated carbocycles. The van der Waals surface area contributed by atoms with Crippen molar-refractivity contribution in [3.05, 3.63) is 70.5 Å². The van der Waals surface area contributed by atoms with Crippen molar-refractivity contribution in [1.29, 1.82) is 0 Å². The molecule has 9 nitrogen and oxygen atoms in total. The second-order valence-corrected chi connectivity index (χ2v) is 8.37. The van der Waals surface area contributed by atoms with Crippen molar-refractivity contribution in [2.75, 3.05) is 37.7 Å². The van der Waals surface area contributed by atoms with Crippen molar-refractivity contribution in [2.45, 2.75) is 32.9 Å². The van der Waals surface area contributed by atoms with Gasteiger partial charge in [-0.05, 0) is 31.5 Å². The highest BCUT2D eigenvalue weighted by molar-refractivity contribution is 5.78. The zero-order chi connectivity index (χ0) is 24.8. The van der Waals surface area contributed by atoms with Crippen molar-refractivity contribution >= 4 is 28.9 Å². The van der Waals surface area contributed by atoms with E-state index in [0.717, 1.165) is 16.6 Å². The Labute approximate surface area is 204 Å². The van der Waals surface area contributed by atoms with Crippen LogP contribution in [0.3, 0.4) is 0 Å². The van der Waals surface area contributed by atoms with Gasteiger partial charge in [0.1, 0.15) is 0 Å². The van der Waals surface area contributed by atoms with Gasteiger partial charge in [-0.1, -0.05) is 42.5 Å². The number of carbonyl (C=O) groups excluding carboxylic acids is 2. The number of esters is 1. The van der Waals surface area contributed by atoms with Crippen LogP contribution >= 0.6 is 0 Å². The molecule has 1 aliphatic heterocycles. The van der Waals surface area contributed by atoms with Crippen molar-refractivity contribution in [3.8, 4) is 0 Å². The average molecular weight is 478 g/mol. The Kier molecular flexibility index (Phi) is 7.64. The number of benzene rings is 2. The summed E-state index contributed by atoms with van der Waals surface area (Å²) in [4.78, 5) is 46.6. The largest absolute Gasteiger partial charge is 0.466 e. The first kappa shape index (κ1) is 24.3. The monoisotopic (exact) mass is 477 g/mol. The minimum absolute atomic E-state index is 0.0567. The minimum Gasteiger partial charge on any atom is -0.466 e. The van der Waals surface area contributed by atoms with E-state index < -0.39 is 6.04 Å². The average Bonchev–Trinajstić information content (AvgIpc) is 2.88. The molecular formula is C26H31N5O4. The van der Waals surface area contributed by atoms with Crippen LogP contribution in [0.15, 0.2) is 59.4 Å². The fourth-order valence-electron chi connectivity index (χ4n) is 4.38. The molecule has 2 heterocycles. The highest BCUT2D eigenvalue weighted by Gasteiger charge is 2.27. The first-order valence-corrected chi connectivity index (χ1v) is 12.0. The number of para-hydroxylation sites is 2. The minimum atomic E-state index is -0.486. The molecule has 1 fully saturated rings. The number of amides is 2. The second-order valence-electron chi connectivity index (χ2n) is 8.37. The summed E-state index contributed by atoms with van der Waals surface area (Å²) in [6.07, 6.45) is 0.0567. The summed E-state index contributed by atoms with van der Waals surface area (Å²) in [6, 6.07) is 16.3. The number of piperazine rings is 1. The molecule has 2 amide bonds. The number of nitrogens with one attached hydrogen (secondary N) is 1. The van der Waals surface area contributed by atoms with Gasteiger partial charge in [-0.3, -0.25) is 9.59 Å². The van der Waals surface area contributed by atoms with Crippen LogP contribution in [-0.4, -0.2) is 59.2 Å². The lowest BCUT2D eigenvalue weighted by atomic mass is 10.0. The summed E-state index contributed by atoms with van der Waals surface area (Å²) >= 11 is 0. The zero-order valence-corrected chi connectivity index (χ0v) is 20.1. The number of rotatable bonds is 7. The van der Waals surface area contributed by atoms with Crippen molar-refractivity contribution in [2.24, 2.45) is 0 Å². The molecule has 0 aliphatic carbocycles. The highest BCUT2D eigenvalue weighted by atomic mass is 16.5. The maximum atomic E-state index is 13.1. The summed E-state index contributed by atoms with van der Waals surface area (Å²) < 4.78 is 6.83. The first-order chi connectivity index (χ1) is 17.0. The van der Waals surface area contributed by atoms with Gasteiger partial charge in [0, 0.05) is 32.7 Å². The number of fused-ring (bicyclic) bond motifs is 1. The first-order valence-electron chi connectivity index (χ1n) is 12.0. The standard InChI is InChI=1S/C26H31N5O4/c1-3-31-22-13-9-8-12-20(22)27-24(25(31)33)29-14-16-30(17-15-29)26(34)28-21(18-23(32)35-4-2)19-10-6-5-7-11-19/h5-13,21H,3-4,14-18H2,1-2H3,(H,28,34). The molecule has 2 aromatic carbocycles. The van der Waals surface area contributed by atoms with Gasteiger partial charge in [-0.2, -0.15) is 0 Å². The normalized spacial score (nSPS) is 14.6. The summed E-state index contributed by atoms with van der Waals surface area (Å²) in [5, 5.41) is 2.99. The predicted molar refractivity (Wildman–Crippen MR) is 134 cm³/mol. The number of hydrogen-bond acceptors (Lipinski definition) is 6. The lowest BCUT2D eigenvalue weighted by molar-refractivity contribution is -0.143. The Hall–Kier alpha value is -3.88. The molecule has 0 radical (unpaired) electrons. The fourth-order valence-corrected chi connectivity index (χ4v) is 4.38. The van der Waals surface area contributed by atoms with Gasteiger partial charge in [0.25, 0.3) is 5.56 Å². The molecule has 3 aromatic rings. The van der Waals surface area contributed by atoms with E-state index >= 15 is 0 Å². The smallest absolute Gasteiger partial charge is 0.318 e. The zero-order valence-electron chi connectivity index (χ0n) is 20.1. The molecule has 4 rings (SSSR count). The van der Waals surface area contributed by atoms with Gasteiger partial charge in [-0.15, -0.1) is 0 Å². The van der Waals surface area contributed by atoms with E-state index in [1.54, 1.807) is 16.4 Å². The summed E-state index contributed by atoms with van der Waals surface area (Å²) in [5.74, 6) is 0.0520. The van der Waals surface area contributed by atoms with E-state index in [4.69, 9.17) is 4.74 Å². The van der Waals surface area contributed by atoms with E-state index in [9.17, 15) is 14.4 Å². The van der Waals surface area contributed by atoms with Crippen LogP contribution in [0.25, 0.3) is 11.0 Å². The Balaban J connectivity index is 1.45. The van der Waals surface area contributed by atoms with Gasteiger partial charge < -0.3 is 24.4 Å². The third-order valence-electron chi connectivity index (χ3n) is 6.19. The Morgan fingerprint density at radius 3 is 2.37 bits per heavy atom. The maximum Gasteiger partial charge on any atom is 0.318 e. The molecule has 0 bridgehead atoms. The van der Waals surface area contributed by atoms with Crippen LogP contribution in [0.5, 0.6) is 0 Å². The number of urea groups is 1. The molecule has 1 aromatic heterocycles. The van der Waals surface area contributed by atoms with Crippen molar-refractivity contribution in [3.63, 3.8) is 0 Å². The van der Waals surface area contributed by atoms with Gasteiger partial charge in [0.05, 0.1) is 30.1 Å². The molecule has 0 spiro atoms. The maximum absolute atomic E-state index is 13.1. The SMILES string of the molecule is CCOC(=O)CC(NC(=O)N1CCN(c2nc3ccccc3n(CC)c2=O)CC1)c1ccccc1. The van der Waals surface area contributed by atoms with E-state index in [1.165, 1.54) is 0 Å². The molecule has 9 heteroatoms. The van der Waals surface area contributed by atoms with Crippen LogP contribution in [0, 0.1) is 0 Å². The summed E-state index contributed by atoms with van der Waals surface area (Å²) in [7, 11) is 0. The van der Waals surface area contributed by atoms with Crippen molar-refractivity contribution < 1.29 is 14.3 Å². The number of nitrogens with zero attached hydrogens (tertiary/aromatic N) is 4. The Morgan fingerprint density at radius 1 is 1.00 bits per heavy atom. The summed E-state index contributed by atoms with van der Waals surface area (Å²) in [5.41, 5.74) is 2.31. The number of hydrogen-bond donors (Lipinski definition) is 1. The third-order valence-corrected chi connectivity index (χ3v) is 6.19. The number of aromatic nitrogens is 2. The number of carbonyl (C=O) groups is 2. The third kappa shape index (κ3) is 5.45. The molecule has 1 unspecified atom stereocenters. The number of anilines is 1.